The lowest BCUT2D eigenvalue weighted by molar-refractivity contribution is -0.115. The van der Waals surface area contributed by atoms with Crippen molar-refractivity contribution in [2.24, 2.45) is 0 Å². The van der Waals surface area contributed by atoms with Crippen LogP contribution in [0.1, 0.15) is 5.56 Å². The Labute approximate surface area is 167 Å². The number of nitrogens with zero attached hydrogens (tertiary/aromatic N) is 3. The van der Waals surface area contributed by atoms with Gasteiger partial charge in [0, 0.05) is 42.1 Å². The van der Waals surface area contributed by atoms with Crippen LogP contribution in [0.3, 0.4) is 0 Å². The monoisotopic (exact) mass is 399 g/mol. The van der Waals surface area contributed by atoms with E-state index in [1.165, 1.54) is 12.1 Å². The van der Waals surface area contributed by atoms with Crippen LogP contribution in [0.5, 0.6) is 0 Å². The van der Waals surface area contributed by atoms with Gasteiger partial charge in [0.2, 0.25) is 5.91 Å². The molecule has 0 atom stereocenters. The number of anilines is 4. The summed E-state index contributed by atoms with van der Waals surface area (Å²) < 4.78 is 13.8. The van der Waals surface area contributed by atoms with E-state index in [0.717, 1.165) is 11.4 Å². The number of hydrogen-bond donors (Lipinski definition) is 2. The van der Waals surface area contributed by atoms with Crippen LogP contribution in [0.25, 0.3) is 0 Å². The minimum absolute atomic E-state index is 0.140. The summed E-state index contributed by atoms with van der Waals surface area (Å²) in [6.07, 6.45) is 1.53. The van der Waals surface area contributed by atoms with Gasteiger partial charge >= 0.3 is 0 Å². The first-order valence-electron chi connectivity index (χ1n) is 8.52. The van der Waals surface area contributed by atoms with Gasteiger partial charge in [0.15, 0.2) is 5.82 Å². The molecule has 0 unspecified atom stereocenters. The average molecular weight is 400 g/mol. The fourth-order valence-corrected chi connectivity index (χ4v) is 2.74. The lowest BCUT2D eigenvalue weighted by Gasteiger charge is -2.13. The second kappa shape index (κ2) is 8.67. The maximum atomic E-state index is 13.8. The molecule has 2 aromatic carbocycles. The number of rotatable bonds is 6. The van der Waals surface area contributed by atoms with E-state index < -0.39 is 5.82 Å². The molecule has 1 heterocycles. The molecule has 0 aliphatic carbocycles. The maximum absolute atomic E-state index is 13.8. The third-order valence-electron chi connectivity index (χ3n) is 4.00. The highest BCUT2D eigenvalue weighted by atomic mass is 35.5. The molecule has 1 aromatic heterocycles. The second-order valence-electron chi connectivity index (χ2n) is 6.32. The van der Waals surface area contributed by atoms with E-state index in [9.17, 15) is 9.18 Å². The number of nitrogens with one attached hydrogen (secondary N) is 2. The minimum Gasteiger partial charge on any atom is -0.376 e. The van der Waals surface area contributed by atoms with Gasteiger partial charge in [0.1, 0.15) is 5.82 Å². The van der Waals surface area contributed by atoms with Crippen molar-refractivity contribution in [3.8, 4) is 0 Å². The second-order valence-corrected chi connectivity index (χ2v) is 6.73. The zero-order valence-corrected chi connectivity index (χ0v) is 16.2. The normalized spacial score (nSPS) is 10.4. The number of benzene rings is 2. The fourth-order valence-electron chi connectivity index (χ4n) is 2.51. The SMILES string of the molecule is CN(C)c1cnnc(Nc2ccc(NC(=O)Cc3c(F)cccc3Cl)cc2)c1. The van der Waals surface area contributed by atoms with Crippen LogP contribution in [0, 0.1) is 5.82 Å². The van der Waals surface area contributed by atoms with Crippen LogP contribution in [-0.2, 0) is 11.2 Å². The summed E-state index contributed by atoms with van der Waals surface area (Å²) in [5, 5.41) is 14.1. The van der Waals surface area contributed by atoms with Crippen molar-refractivity contribution >= 4 is 40.4 Å². The molecule has 0 fully saturated rings. The summed E-state index contributed by atoms with van der Waals surface area (Å²) in [6.45, 7) is 0. The van der Waals surface area contributed by atoms with E-state index >= 15 is 0 Å². The van der Waals surface area contributed by atoms with Gasteiger partial charge in [-0.05, 0) is 36.4 Å². The molecule has 0 saturated heterocycles. The van der Waals surface area contributed by atoms with Crippen molar-refractivity contribution in [3.05, 3.63) is 71.1 Å². The van der Waals surface area contributed by atoms with Crippen LogP contribution < -0.4 is 15.5 Å². The molecule has 6 nitrogen and oxygen atoms in total. The van der Waals surface area contributed by atoms with Gasteiger partial charge in [0.25, 0.3) is 0 Å². The smallest absolute Gasteiger partial charge is 0.228 e. The van der Waals surface area contributed by atoms with Crippen LogP contribution in [-0.4, -0.2) is 30.2 Å². The van der Waals surface area contributed by atoms with Gasteiger partial charge in [-0.15, -0.1) is 5.10 Å². The lowest BCUT2D eigenvalue weighted by atomic mass is 10.1. The molecule has 0 aliphatic rings. The van der Waals surface area contributed by atoms with Crippen molar-refractivity contribution < 1.29 is 9.18 Å². The van der Waals surface area contributed by atoms with Gasteiger partial charge in [0.05, 0.1) is 18.3 Å². The van der Waals surface area contributed by atoms with Gasteiger partial charge in [-0.3, -0.25) is 4.79 Å². The molecule has 0 bridgehead atoms. The first-order chi connectivity index (χ1) is 13.4. The summed E-state index contributed by atoms with van der Waals surface area (Å²) in [6, 6.07) is 13.3. The molecule has 0 aliphatic heterocycles. The van der Waals surface area contributed by atoms with Crippen LogP contribution in [0.2, 0.25) is 5.02 Å². The van der Waals surface area contributed by atoms with E-state index in [1.54, 1.807) is 36.5 Å². The highest BCUT2D eigenvalue weighted by molar-refractivity contribution is 6.31. The predicted molar refractivity (Wildman–Crippen MR) is 110 cm³/mol. The molecule has 2 N–H and O–H groups in total. The molecule has 3 aromatic rings. The Kier molecular flexibility index (Phi) is 6.06. The Hall–Kier alpha value is -3.19. The maximum Gasteiger partial charge on any atom is 0.228 e. The summed E-state index contributed by atoms with van der Waals surface area (Å²) in [4.78, 5) is 14.1. The summed E-state index contributed by atoms with van der Waals surface area (Å²) >= 11 is 5.96. The third kappa shape index (κ3) is 4.95. The zero-order valence-electron chi connectivity index (χ0n) is 15.4. The molecular weight excluding hydrogens is 381 g/mol. The summed E-state index contributed by atoms with van der Waals surface area (Å²) in [5.74, 6) is -0.238. The van der Waals surface area contributed by atoms with Gasteiger partial charge < -0.3 is 15.5 Å². The largest absolute Gasteiger partial charge is 0.376 e. The van der Waals surface area contributed by atoms with Gasteiger partial charge in [-0.1, -0.05) is 17.7 Å². The Bertz CT molecular complexity index is 958. The number of carbonyl (C=O) groups is 1. The van der Waals surface area contributed by atoms with E-state index in [2.05, 4.69) is 20.8 Å². The van der Waals surface area contributed by atoms with E-state index in [4.69, 9.17) is 11.6 Å². The molecule has 0 radical (unpaired) electrons. The molecule has 1 amide bonds. The van der Waals surface area contributed by atoms with Crippen LogP contribution in [0.15, 0.2) is 54.7 Å². The molecule has 3 rings (SSSR count). The van der Waals surface area contributed by atoms with E-state index in [1.807, 2.05) is 25.1 Å². The number of hydrogen-bond acceptors (Lipinski definition) is 5. The van der Waals surface area contributed by atoms with Crippen molar-refractivity contribution in [1.82, 2.24) is 10.2 Å². The molecule has 0 spiro atoms. The minimum atomic E-state index is -0.497. The Balaban J connectivity index is 1.63. The Morgan fingerprint density at radius 1 is 1.14 bits per heavy atom. The molecule has 8 heteroatoms. The number of halogens is 2. The van der Waals surface area contributed by atoms with Crippen molar-refractivity contribution in [3.63, 3.8) is 0 Å². The van der Waals surface area contributed by atoms with Crippen LogP contribution in [0.4, 0.5) is 27.3 Å². The topological polar surface area (TPSA) is 70.2 Å². The first kappa shape index (κ1) is 19.6. The van der Waals surface area contributed by atoms with Crippen molar-refractivity contribution in [2.75, 3.05) is 29.6 Å². The number of carbonyl (C=O) groups excluding carboxylic acids is 1. The number of amides is 1. The van der Waals surface area contributed by atoms with Crippen LogP contribution >= 0.6 is 11.6 Å². The van der Waals surface area contributed by atoms with Gasteiger partial charge in [-0.2, -0.15) is 5.10 Å². The average Bonchev–Trinajstić information content (AvgIpc) is 2.67. The fraction of sp³-hybridized carbons (Fsp3) is 0.150. The highest BCUT2D eigenvalue weighted by Crippen LogP contribution is 2.22. The van der Waals surface area contributed by atoms with Gasteiger partial charge in [-0.25, -0.2) is 4.39 Å². The lowest BCUT2D eigenvalue weighted by Crippen LogP contribution is -2.15. The molecule has 28 heavy (non-hydrogen) atoms. The summed E-state index contributed by atoms with van der Waals surface area (Å²) in [5.41, 5.74) is 2.49. The van der Waals surface area contributed by atoms with Crippen molar-refractivity contribution in [2.45, 2.75) is 6.42 Å². The standard InChI is InChI=1S/C20H19ClFN5O/c1-27(2)15-10-19(26-23-12-15)24-13-6-8-14(9-7-13)25-20(28)11-16-17(21)4-3-5-18(16)22/h3-10,12H,11H2,1-2H3,(H,24,26)(H,25,28). The zero-order chi connectivity index (χ0) is 20.1. The quantitative estimate of drug-likeness (QED) is 0.648. The van der Waals surface area contributed by atoms with E-state index in [0.29, 0.717) is 11.5 Å². The van der Waals surface area contributed by atoms with E-state index in [-0.39, 0.29) is 22.9 Å². The molecule has 0 saturated carbocycles. The summed E-state index contributed by atoms with van der Waals surface area (Å²) in [7, 11) is 3.85. The first-order valence-corrected chi connectivity index (χ1v) is 8.90. The molecule has 144 valence electrons. The molecular formula is C20H19ClFN5O. The Morgan fingerprint density at radius 3 is 2.54 bits per heavy atom. The Morgan fingerprint density at radius 2 is 1.86 bits per heavy atom. The number of aromatic nitrogens is 2. The predicted octanol–water partition coefficient (Wildman–Crippen LogP) is 4.26. The third-order valence-corrected chi connectivity index (χ3v) is 4.35. The van der Waals surface area contributed by atoms with Crippen molar-refractivity contribution in [1.29, 1.82) is 0 Å². The highest BCUT2D eigenvalue weighted by Gasteiger charge is 2.12.